The average Bonchev–Trinajstić information content (AvgIpc) is 3.17. The molecule has 0 aliphatic heterocycles. The van der Waals surface area contributed by atoms with E-state index in [-0.39, 0.29) is 5.91 Å². The smallest absolute Gasteiger partial charge is 0.261 e. The summed E-state index contributed by atoms with van der Waals surface area (Å²) in [5.41, 5.74) is 2.42. The van der Waals surface area contributed by atoms with Gasteiger partial charge in [-0.15, -0.1) is 0 Å². The Balaban J connectivity index is 1.62. The van der Waals surface area contributed by atoms with Gasteiger partial charge in [-0.25, -0.2) is 13.4 Å². The third-order valence-electron chi connectivity index (χ3n) is 4.91. The van der Waals surface area contributed by atoms with Crippen LogP contribution in [-0.2, 0) is 21.4 Å². The van der Waals surface area contributed by atoms with Gasteiger partial charge in [0.15, 0.2) is 6.10 Å². The SMILES string of the molecule is Cc1nccn1-c1ccccc1CNC(=O)[C@H](C)Oc1ccc(N(C)S(C)(=O)=O)cc1. The number of carbonyl (C=O) groups excluding carboxylic acids is 1. The molecule has 0 fully saturated rings. The Morgan fingerprint density at radius 3 is 2.48 bits per heavy atom. The molecule has 31 heavy (non-hydrogen) atoms. The van der Waals surface area contributed by atoms with E-state index in [9.17, 15) is 13.2 Å². The highest BCUT2D eigenvalue weighted by Gasteiger charge is 2.16. The van der Waals surface area contributed by atoms with Crippen molar-refractivity contribution >= 4 is 21.6 Å². The summed E-state index contributed by atoms with van der Waals surface area (Å²) in [6, 6.07) is 14.3. The number of rotatable bonds is 8. The summed E-state index contributed by atoms with van der Waals surface area (Å²) in [7, 11) is -1.86. The topological polar surface area (TPSA) is 93.5 Å². The van der Waals surface area contributed by atoms with Gasteiger partial charge in [0.1, 0.15) is 11.6 Å². The number of benzene rings is 2. The number of aryl methyl sites for hydroxylation is 1. The molecule has 0 saturated carbocycles. The van der Waals surface area contributed by atoms with Crippen LogP contribution in [-0.4, -0.2) is 43.3 Å². The van der Waals surface area contributed by atoms with Gasteiger partial charge >= 0.3 is 0 Å². The largest absolute Gasteiger partial charge is 0.481 e. The summed E-state index contributed by atoms with van der Waals surface area (Å²) >= 11 is 0. The molecule has 0 bridgehead atoms. The Bertz CT molecular complexity index is 1160. The van der Waals surface area contributed by atoms with Crippen LogP contribution in [0.4, 0.5) is 5.69 Å². The number of amides is 1. The molecule has 0 aliphatic carbocycles. The predicted molar refractivity (Wildman–Crippen MR) is 120 cm³/mol. The molecule has 9 heteroatoms. The summed E-state index contributed by atoms with van der Waals surface area (Å²) < 4.78 is 32.1. The van der Waals surface area contributed by atoms with E-state index < -0.39 is 16.1 Å². The highest BCUT2D eigenvalue weighted by molar-refractivity contribution is 7.92. The first-order valence-electron chi connectivity index (χ1n) is 9.73. The van der Waals surface area contributed by atoms with Crippen LogP contribution >= 0.6 is 0 Å². The molecule has 0 spiro atoms. The third kappa shape index (κ3) is 5.43. The molecule has 2 aromatic carbocycles. The lowest BCUT2D eigenvalue weighted by Gasteiger charge is -2.18. The number of nitrogens with one attached hydrogen (secondary N) is 1. The van der Waals surface area contributed by atoms with E-state index in [1.165, 1.54) is 11.4 Å². The zero-order valence-electron chi connectivity index (χ0n) is 17.9. The van der Waals surface area contributed by atoms with Crippen LogP contribution in [0, 0.1) is 6.92 Å². The first-order valence-corrected chi connectivity index (χ1v) is 11.6. The Morgan fingerprint density at radius 2 is 1.87 bits per heavy atom. The molecule has 0 unspecified atom stereocenters. The van der Waals surface area contributed by atoms with Crippen LogP contribution < -0.4 is 14.4 Å². The van der Waals surface area contributed by atoms with Crippen LogP contribution in [0.1, 0.15) is 18.3 Å². The average molecular weight is 443 g/mol. The number of sulfonamides is 1. The maximum absolute atomic E-state index is 12.5. The van der Waals surface area contributed by atoms with E-state index in [0.717, 1.165) is 23.3 Å². The maximum Gasteiger partial charge on any atom is 0.261 e. The van der Waals surface area contributed by atoms with Crippen molar-refractivity contribution in [1.82, 2.24) is 14.9 Å². The number of carbonyl (C=O) groups is 1. The lowest BCUT2D eigenvalue weighted by Crippen LogP contribution is -2.36. The van der Waals surface area contributed by atoms with Crippen molar-refractivity contribution in [2.75, 3.05) is 17.6 Å². The minimum absolute atomic E-state index is 0.255. The van der Waals surface area contributed by atoms with Crippen molar-refractivity contribution in [3.63, 3.8) is 0 Å². The van der Waals surface area contributed by atoms with Crippen molar-refractivity contribution in [1.29, 1.82) is 0 Å². The van der Waals surface area contributed by atoms with Gasteiger partial charge in [0.2, 0.25) is 10.0 Å². The fourth-order valence-corrected chi connectivity index (χ4v) is 3.54. The van der Waals surface area contributed by atoms with Crippen molar-refractivity contribution in [2.45, 2.75) is 26.5 Å². The molecule has 3 aromatic rings. The number of hydrogen-bond acceptors (Lipinski definition) is 5. The number of imidazole rings is 1. The Hall–Kier alpha value is -3.33. The van der Waals surface area contributed by atoms with E-state index >= 15 is 0 Å². The van der Waals surface area contributed by atoms with Gasteiger partial charge in [-0.2, -0.15) is 0 Å². The van der Waals surface area contributed by atoms with Crippen LogP contribution in [0.2, 0.25) is 0 Å². The van der Waals surface area contributed by atoms with Gasteiger partial charge in [-0.05, 0) is 49.7 Å². The molecule has 1 heterocycles. The lowest BCUT2D eigenvalue weighted by atomic mass is 10.1. The first-order chi connectivity index (χ1) is 14.7. The molecule has 8 nitrogen and oxygen atoms in total. The van der Waals surface area contributed by atoms with Gasteiger partial charge in [-0.3, -0.25) is 9.10 Å². The molecule has 1 aromatic heterocycles. The molecule has 0 saturated heterocycles. The minimum Gasteiger partial charge on any atom is -0.481 e. The van der Waals surface area contributed by atoms with Crippen molar-refractivity contribution < 1.29 is 17.9 Å². The number of para-hydroxylation sites is 1. The van der Waals surface area contributed by atoms with Crippen molar-refractivity contribution in [3.8, 4) is 11.4 Å². The molecule has 1 atom stereocenters. The number of nitrogens with zero attached hydrogens (tertiary/aromatic N) is 3. The van der Waals surface area contributed by atoms with Crippen molar-refractivity contribution in [2.24, 2.45) is 0 Å². The fourth-order valence-electron chi connectivity index (χ4n) is 3.04. The zero-order valence-corrected chi connectivity index (χ0v) is 18.8. The molecule has 164 valence electrons. The van der Waals surface area contributed by atoms with E-state index in [0.29, 0.717) is 18.0 Å². The Morgan fingerprint density at radius 1 is 1.19 bits per heavy atom. The monoisotopic (exact) mass is 442 g/mol. The highest BCUT2D eigenvalue weighted by atomic mass is 32.2. The third-order valence-corrected chi connectivity index (χ3v) is 6.12. The van der Waals surface area contributed by atoms with Crippen LogP contribution in [0.15, 0.2) is 60.9 Å². The Kier molecular flexibility index (Phi) is 6.65. The summed E-state index contributed by atoms with van der Waals surface area (Å²) in [6.45, 7) is 3.93. The molecular formula is C22H26N4O4S. The highest BCUT2D eigenvalue weighted by Crippen LogP contribution is 2.21. The first kappa shape index (κ1) is 22.4. The second-order valence-electron chi connectivity index (χ2n) is 7.18. The summed E-state index contributed by atoms with van der Waals surface area (Å²) in [6.07, 6.45) is 4.03. The van der Waals surface area contributed by atoms with Gasteiger partial charge in [-0.1, -0.05) is 18.2 Å². The second kappa shape index (κ2) is 9.22. The van der Waals surface area contributed by atoms with Crippen LogP contribution in [0.5, 0.6) is 5.75 Å². The molecule has 0 aliphatic rings. The van der Waals surface area contributed by atoms with Gasteiger partial charge in [0, 0.05) is 26.0 Å². The molecule has 3 rings (SSSR count). The molecular weight excluding hydrogens is 416 g/mol. The van der Waals surface area contributed by atoms with Crippen LogP contribution in [0.25, 0.3) is 5.69 Å². The molecule has 1 amide bonds. The normalized spacial score (nSPS) is 12.3. The number of aromatic nitrogens is 2. The fraction of sp³-hybridized carbons (Fsp3) is 0.273. The summed E-state index contributed by atoms with van der Waals surface area (Å²) in [5.74, 6) is 1.08. The maximum atomic E-state index is 12.5. The van der Waals surface area contributed by atoms with E-state index in [1.807, 2.05) is 42.0 Å². The standard InChI is InChI=1S/C22H26N4O4S/c1-16(30-20-11-9-19(10-12-20)25(3)31(4,28)29)22(27)24-15-18-7-5-6-8-21(18)26-14-13-23-17(26)2/h5-14,16H,15H2,1-4H3,(H,24,27)/t16-/m0/s1. The lowest BCUT2D eigenvalue weighted by molar-refractivity contribution is -0.127. The minimum atomic E-state index is -3.34. The van der Waals surface area contributed by atoms with E-state index in [1.54, 1.807) is 37.4 Å². The zero-order chi connectivity index (χ0) is 22.6. The van der Waals surface area contributed by atoms with Gasteiger partial charge in [0.25, 0.3) is 5.91 Å². The molecule has 1 N–H and O–H groups in total. The molecule has 0 radical (unpaired) electrons. The van der Waals surface area contributed by atoms with Gasteiger partial charge in [0.05, 0.1) is 17.6 Å². The second-order valence-corrected chi connectivity index (χ2v) is 9.19. The summed E-state index contributed by atoms with van der Waals surface area (Å²) in [5, 5.41) is 2.91. The van der Waals surface area contributed by atoms with Crippen molar-refractivity contribution in [3.05, 3.63) is 72.3 Å². The van der Waals surface area contributed by atoms with E-state index in [4.69, 9.17) is 4.74 Å². The number of hydrogen-bond donors (Lipinski definition) is 1. The van der Waals surface area contributed by atoms with Gasteiger partial charge < -0.3 is 14.6 Å². The number of ether oxygens (including phenoxy) is 1. The van der Waals surface area contributed by atoms with Crippen LogP contribution in [0.3, 0.4) is 0 Å². The number of anilines is 1. The predicted octanol–water partition coefficient (Wildman–Crippen LogP) is 2.66. The summed E-state index contributed by atoms with van der Waals surface area (Å²) in [4.78, 5) is 16.8. The quantitative estimate of drug-likeness (QED) is 0.579. The Labute approximate surface area is 182 Å². The van der Waals surface area contributed by atoms with E-state index in [2.05, 4.69) is 10.3 Å².